The zero-order chi connectivity index (χ0) is 16.3. The number of sulfonamides is 1. The highest BCUT2D eigenvalue weighted by Gasteiger charge is 2.29. The summed E-state index contributed by atoms with van der Waals surface area (Å²) in [6, 6.07) is 3.63. The molecule has 0 aromatic carbocycles. The molecule has 0 radical (unpaired) electrons. The molecule has 7 nitrogen and oxygen atoms in total. The normalized spacial score (nSPS) is 18.7. The number of pyridine rings is 1. The van der Waals surface area contributed by atoms with Crippen LogP contribution in [0.5, 0.6) is 5.88 Å². The van der Waals surface area contributed by atoms with Gasteiger partial charge in [0.1, 0.15) is 6.10 Å². The quantitative estimate of drug-likeness (QED) is 0.738. The molecule has 2 rings (SSSR count). The van der Waals surface area contributed by atoms with Crippen LogP contribution in [0.2, 0.25) is 0 Å². The van der Waals surface area contributed by atoms with E-state index >= 15 is 0 Å². The summed E-state index contributed by atoms with van der Waals surface area (Å²) in [5.74, 6) is 0.272. The maximum absolute atomic E-state index is 12.1. The predicted octanol–water partition coefficient (Wildman–Crippen LogP) is 0.715. The lowest BCUT2D eigenvalue weighted by atomic mass is 10.3. The van der Waals surface area contributed by atoms with Gasteiger partial charge in [-0.1, -0.05) is 0 Å². The first kappa shape index (κ1) is 17.2. The highest BCUT2D eigenvalue weighted by atomic mass is 79.9. The monoisotopic (exact) mass is 391 g/mol. The van der Waals surface area contributed by atoms with Crippen LogP contribution in [-0.2, 0) is 14.8 Å². The number of ether oxygens (including phenoxy) is 1. The Kier molecular flexibility index (Phi) is 5.41. The Labute approximate surface area is 138 Å². The van der Waals surface area contributed by atoms with E-state index in [9.17, 15) is 13.2 Å². The number of amides is 1. The van der Waals surface area contributed by atoms with Gasteiger partial charge in [0.15, 0.2) is 0 Å². The van der Waals surface area contributed by atoms with E-state index in [1.165, 1.54) is 7.05 Å². The van der Waals surface area contributed by atoms with Crippen LogP contribution in [0, 0.1) is 0 Å². The summed E-state index contributed by atoms with van der Waals surface area (Å²) < 4.78 is 30.3. The van der Waals surface area contributed by atoms with Gasteiger partial charge in [-0.25, -0.2) is 13.4 Å². The Balaban J connectivity index is 1.90. The molecule has 1 unspecified atom stereocenters. The van der Waals surface area contributed by atoms with Gasteiger partial charge in [0.25, 0.3) is 0 Å². The van der Waals surface area contributed by atoms with Gasteiger partial charge in [-0.3, -0.25) is 4.79 Å². The molecule has 1 atom stereocenters. The number of aromatic nitrogens is 1. The van der Waals surface area contributed by atoms with Gasteiger partial charge in [-0.05, 0) is 28.1 Å². The molecule has 2 heterocycles. The SMILES string of the molecule is CN(CC(=O)N1CCC(Oc2ncccc2Br)C1)S(C)(=O)=O. The van der Waals surface area contributed by atoms with Gasteiger partial charge in [0, 0.05) is 26.2 Å². The van der Waals surface area contributed by atoms with Gasteiger partial charge in [0.2, 0.25) is 21.8 Å². The van der Waals surface area contributed by atoms with Crippen molar-refractivity contribution in [1.29, 1.82) is 0 Å². The fourth-order valence-corrected chi connectivity index (χ4v) is 2.77. The van der Waals surface area contributed by atoms with E-state index in [1.54, 1.807) is 17.2 Å². The van der Waals surface area contributed by atoms with Crippen LogP contribution >= 0.6 is 15.9 Å². The molecule has 0 bridgehead atoms. The molecule has 0 aliphatic carbocycles. The standard InChI is InChI=1S/C13H18BrN3O4S/c1-16(22(2,19)20)9-12(18)17-7-5-10(8-17)21-13-11(14)4-3-6-15-13/h3-4,6,10H,5,7-9H2,1-2H3. The largest absolute Gasteiger partial charge is 0.472 e. The molecule has 0 N–H and O–H groups in total. The molecule has 0 saturated carbocycles. The molecule has 22 heavy (non-hydrogen) atoms. The van der Waals surface area contributed by atoms with E-state index in [1.807, 2.05) is 6.07 Å². The van der Waals surface area contributed by atoms with Crippen molar-refractivity contribution in [1.82, 2.24) is 14.2 Å². The number of halogens is 1. The topological polar surface area (TPSA) is 79.8 Å². The minimum Gasteiger partial charge on any atom is -0.472 e. The Morgan fingerprint density at radius 1 is 1.59 bits per heavy atom. The van der Waals surface area contributed by atoms with Crippen molar-refractivity contribution in [3.05, 3.63) is 22.8 Å². The summed E-state index contributed by atoms with van der Waals surface area (Å²) in [6.07, 6.45) is 3.27. The van der Waals surface area contributed by atoms with Crippen molar-refractivity contribution in [3.63, 3.8) is 0 Å². The van der Waals surface area contributed by atoms with Gasteiger partial charge in [-0.15, -0.1) is 0 Å². The molecule has 122 valence electrons. The summed E-state index contributed by atoms with van der Waals surface area (Å²) in [4.78, 5) is 17.9. The lowest BCUT2D eigenvalue weighted by molar-refractivity contribution is -0.130. The fraction of sp³-hybridized carbons (Fsp3) is 0.538. The first-order valence-corrected chi connectivity index (χ1v) is 9.38. The van der Waals surface area contributed by atoms with E-state index in [4.69, 9.17) is 4.74 Å². The second-order valence-corrected chi connectivity index (χ2v) is 8.12. The van der Waals surface area contributed by atoms with Crippen molar-refractivity contribution >= 4 is 31.9 Å². The van der Waals surface area contributed by atoms with Crippen LogP contribution in [0.3, 0.4) is 0 Å². The van der Waals surface area contributed by atoms with Gasteiger partial charge in [-0.2, -0.15) is 4.31 Å². The molecule has 1 aliphatic rings. The number of carbonyl (C=O) groups excluding carboxylic acids is 1. The number of likely N-dealkylation sites (tertiary alicyclic amines) is 1. The van der Waals surface area contributed by atoms with E-state index in [0.29, 0.717) is 25.4 Å². The molecule has 0 spiro atoms. The summed E-state index contributed by atoms with van der Waals surface area (Å²) in [6.45, 7) is 0.823. The van der Waals surface area contributed by atoms with Crippen molar-refractivity contribution in [2.75, 3.05) is 32.9 Å². The number of rotatable bonds is 5. The summed E-state index contributed by atoms with van der Waals surface area (Å²) >= 11 is 3.36. The maximum atomic E-state index is 12.1. The van der Waals surface area contributed by atoms with E-state index < -0.39 is 10.0 Å². The number of nitrogens with zero attached hydrogens (tertiary/aromatic N) is 3. The molecule has 1 aromatic heterocycles. The van der Waals surface area contributed by atoms with Crippen molar-refractivity contribution in [2.24, 2.45) is 0 Å². The number of likely N-dealkylation sites (N-methyl/N-ethyl adjacent to an activating group) is 1. The molecular formula is C13H18BrN3O4S. The number of carbonyl (C=O) groups is 1. The first-order chi connectivity index (χ1) is 10.3. The Bertz CT molecular complexity index is 652. The summed E-state index contributed by atoms with van der Waals surface area (Å²) in [5, 5.41) is 0. The summed E-state index contributed by atoms with van der Waals surface area (Å²) in [7, 11) is -1.97. The van der Waals surface area contributed by atoms with Crippen molar-refractivity contribution < 1.29 is 17.9 Å². The second-order valence-electron chi connectivity index (χ2n) is 5.18. The van der Waals surface area contributed by atoms with Gasteiger partial charge < -0.3 is 9.64 Å². The lowest BCUT2D eigenvalue weighted by Gasteiger charge is -2.20. The van der Waals surface area contributed by atoms with E-state index in [-0.39, 0.29) is 18.6 Å². The average Bonchev–Trinajstić information content (AvgIpc) is 2.89. The molecule has 1 aliphatic heterocycles. The molecule has 1 fully saturated rings. The van der Waals surface area contributed by atoms with Gasteiger partial charge in [0.05, 0.1) is 23.8 Å². The molecule has 9 heteroatoms. The molecule has 1 amide bonds. The Morgan fingerprint density at radius 3 is 2.95 bits per heavy atom. The first-order valence-electron chi connectivity index (χ1n) is 6.73. The predicted molar refractivity (Wildman–Crippen MR) is 85.0 cm³/mol. The lowest BCUT2D eigenvalue weighted by Crippen LogP contribution is -2.40. The van der Waals surface area contributed by atoms with Crippen LogP contribution in [0.25, 0.3) is 0 Å². The highest BCUT2D eigenvalue weighted by Crippen LogP contribution is 2.24. The maximum Gasteiger partial charge on any atom is 0.238 e. The Morgan fingerprint density at radius 2 is 2.32 bits per heavy atom. The van der Waals surface area contributed by atoms with Crippen LogP contribution in [0.15, 0.2) is 22.8 Å². The zero-order valence-corrected chi connectivity index (χ0v) is 14.8. The van der Waals surface area contributed by atoms with Crippen LogP contribution in [0.1, 0.15) is 6.42 Å². The minimum atomic E-state index is -3.36. The second kappa shape index (κ2) is 6.93. The highest BCUT2D eigenvalue weighted by molar-refractivity contribution is 9.10. The number of hydrogen-bond donors (Lipinski definition) is 0. The number of hydrogen-bond acceptors (Lipinski definition) is 5. The smallest absolute Gasteiger partial charge is 0.238 e. The fourth-order valence-electron chi connectivity index (χ4n) is 2.07. The van der Waals surface area contributed by atoms with Crippen LogP contribution < -0.4 is 4.74 Å². The molecular weight excluding hydrogens is 374 g/mol. The van der Waals surface area contributed by atoms with E-state index in [0.717, 1.165) is 15.0 Å². The van der Waals surface area contributed by atoms with Crippen molar-refractivity contribution in [2.45, 2.75) is 12.5 Å². The van der Waals surface area contributed by atoms with Crippen LogP contribution in [0.4, 0.5) is 0 Å². The zero-order valence-electron chi connectivity index (χ0n) is 12.4. The third-order valence-corrected chi connectivity index (χ3v) is 5.29. The molecule has 1 aromatic rings. The Hall–Kier alpha value is -1.19. The minimum absolute atomic E-state index is 0.140. The third kappa shape index (κ3) is 4.40. The third-order valence-electron chi connectivity index (χ3n) is 3.42. The van der Waals surface area contributed by atoms with Crippen LogP contribution in [-0.4, -0.2) is 67.6 Å². The van der Waals surface area contributed by atoms with E-state index in [2.05, 4.69) is 20.9 Å². The van der Waals surface area contributed by atoms with Gasteiger partial charge >= 0.3 is 0 Å². The molecule has 1 saturated heterocycles. The average molecular weight is 392 g/mol. The van der Waals surface area contributed by atoms with Crippen molar-refractivity contribution in [3.8, 4) is 5.88 Å². The summed E-state index contributed by atoms with van der Waals surface area (Å²) in [5.41, 5.74) is 0.